The second-order valence-electron chi connectivity index (χ2n) is 9.50. The fourth-order valence-corrected chi connectivity index (χ4v) is 5.83. The van der Waals surface area contributed by atoms with Crippen molar-refractivity contribution in [3.8, 4) is 5.75 Å². The van der Waals surface area contributed by atoms with Crippen molar-refractivity contribution in [3.63, 3.8) is 0 Å². The summed E-state index contributed by atoms with van der Waals surface area (Å²) < 4.78 is 11.1. The lowest BCUT2D eigenvalue weighted by Crippen LogP contribution is -2.40. The molecule has 2 N–H and O–H groups in total. The number of β-amino-alcohol motifs (C(OH)–C–C–N with tert-alkyl or cyclic N) is 1. The number of rotatable bonds is 11. The first-order valence-electron chi connectivity index (χ1n) is 12.8. The minimum atomic E-state index is -0.608. The zero-order valence-corrected chi connectivity index (χ0v) is 22.5. The van der Waals surface area contributed by atoms with E-state index in [0.29, 0.717) is 32.8 Å². The summed E-state index contributed by atoms with van der Waals surface area (Å²) >= 11 is 1.76. The molecule has 1 aliphatic heterocycles. The van der Waals surface area contributed by atoms with E-state index >= 15 is 0 Å². The molecule has 1 aromatic heterocycles. The quantitative estimate of drug-likeness (QED) is 0.269. The molecule has 0 amide bonds. The van der Waals surface area contributed by atoms with Crippen LogP contribution in [0.15, 0.2) is 87.1 Å². The third-order valence-electron chi connectivity index (χ3n) is 6.70. The molecule has 0 fully saturated rings. The zero-order chi connectivity index (χ0) is 26.5. The van der Waals surface area contributed by atoms with Crippen LogP contribution in [0.1, 0.15) is 22.6 Å². The number of aliphatic hydroxyl groups is 2. The van der Waals surface area contributed by atoms with Crippen molar-refractivity contribution in [1.29, 1.82) is 0 Å². The number of hydrogen-bond acceptors (Lipinski definition) is 8. The summed E-state index contributed by atoms with van der Waals surface area (Å²) in [6, 6.07) is 24.5. The monoisotopic (exact) mass is 531 g/mol. The molecule has 7 nitrogen and oxygen atoms in total. The Morgan fingerprint density at radius 3 is 2.24 bits per heavy atom. The Labute approximate surface area is 227 Å². The second-order valence-corrected chi connectivity index (χ2v) is 10.6. The van der Waals surface area contributed by atoms with Gasteiger partial charge in [0, 0.05) is 29.4 Å². The number of benzene rings is 3. The van der Waals surface area contributed by atoms with Gasteiger partial charge in [-0.2, -0.15) is 0 Å². The Kier molecular flexibility index (Phi) is 8.34. The lowest BCUT2D eigenvalue weighted by Gasteiger charge is -2.35. The van der Waals surface area contributed by atoms with Crippen molar-refractivity contribution in [1.82, 2.24) is 10.1 Å². The van der Waals surface area contributed by atoms with E-state index < -0.39 is 6.10 Å². The number of nitrogens with zero attached hydrogens (tertiary/aromatic N) is 3. The number of ether oxygens (including phenoxy) is 1. The van der Waals surface area contributed by atoms with Crippen LogP contribution in [0.4, 0.5) is 11.4 Å². The van der Waals surface area contributed by atoms with Gasteiger partial charge in [0.2, 0.25) is 0 Å². The third kappa shape index (κ3) is 6.05. The predicted octanol–water partition coefficient (Wildman–Crippen LogP) is 5.33. The molecule has 3 aromatic carbocycles. The zero-order valence-electron chi connectivity index (χ0n) is 21.7. The number of aromatic nitrogens is 1. The molecule has 0 spiro atoms. The van der Waals surface area contributed by atoms with Gasteiger partial charge in [-0.3, -0.25) is 4.90 Å². The lowest BCUT2D eigenvalue weighted by molar-refractivity contribution is 0.100. The lowest BCUT2D eigenvalue weighted by atomic mass is 10.1. The fourth-order valence-electron chi connectivity index (χ4n) is 4.73. The maximum Gasteiger partial charge on any atom is 0.140 e. The summed E-state index contributed by atoms with van der Waals surface area (Å²) in [5, 5.41) is 24.8. The average molecular weight is 532 g/mol. The van der Waals surface area contributed by atoms with E-state index in [9.17, 15) is 10.2 Å². The van der Waals surface area contributed by atoms with Crippen LogP contribution in [0.2, 0.25) is 0 Å². The second kappa shape index (κ2) is 12.0. The van der Waals surface area contributed by atoms with Crippen molar-refractivity contribution in [2.45, 2.75) is 42.9 Å². The Morgan fingerprint density at radius 2 is 1.63 bits per heavy atom. The van der Waals surface area contributed by atoms with Gasteiger partial charge < -0.3 is 24.4 Å². The van der Waals surface area contributed by atoms with E-state index in [-0.39, 0.29) is 6.61 Å². The third-order valence-corrected chi connectivity index (χ3v) is 7.83. The van der Waals surface area contributed by atoms with Crippen LogP contribution in [-0.4, -0.2) is 52.6 Å². The average Bonchev–Trinajstić information content (AvgIpc) is 3.25. The first-order valence-corrected chi connectivity index (χ1v) is 13.6. The van der Waals surface area contributed by atoms with Crippen LogP contribution >= 0.6 is 11.8 Å². The van der Waals surface area contributed by atoms with Crippen LogP contribution in [0.3, 0.4) is 0 Å². The molecule has 5 rings (SSSR count). The summed E-state index contributed by atoms with van der Waals surface area (Å²) in [7, 11) is 0. The highest BCUT2D eigenvalue weighted by Crippen LogP contribution is 2.47. The number of hydrogen-bond donors (Lipinski definition) is 2. The van der Waals surface area contributed by atoms with E-state index in [1.807, 2.05) is 62.4 Å². The van der Waals surface area contributed by atoms with E-state index in [1.54, 1.807) is 11.8 Å². The van der Waals surface area contributed by atoms with Crippen molar-refractivity contribution in [2.24, 2.45) is 0 Å². The van der Waals surface area contributed by atoms with E-state index in [2.05, 4.69) is 39.2 Å². The minimum Gasteiger partial charge on any atom is -0.489 e. The summed E-state index contributed by atoms with van der Waals surface area (Å²) in [6.45, 7) is 6.22. The molecular formula is C30H33N3O4S. The van der Waals surface area contributed by atoms with Crippen LogP contribution in [-0.2, 0) is 13.2 Å². The van der Waals surface area contributed by atoms with E-state index in [0.717, 1.165) is 39.7 Å². The first kappa shape index (κ1) is 26.3. The summed E-state index contributed by atoms with van der Waals surface area (Å²) in [6.07, 6.45) is -0.608. The van der Waals surface area contributed by atoms with Gasteiger partial charge in [0.1, 0.15) is 18.1 Å². The molecule has 1 atom stereocenters. The molecular weight excluding hydrogens is 498 g/mol. The Balaban J connectivity index is 1.22. The van der Waals surface area contributed by atoms with Crippen molar-refractivity contribution in [2.75, 3.05) is 31.1 Å². The molecule has 1 aliphatic rings. The maximum atomic E-state index is 11.2. The van der Waals surface area contributed by atoms with Crippen LogP contribution in [0, 0.1) is 13.8 Å². The van der Waals surface area contributed by atoms with Crippen molar-refractivity contribution < 1.29 is 19.5 Å². The smallest absolute Gasteiger partial charge is 0.140 e. The highest BCUT2D eigenvalue weighted by atomic mass is 32.2. The molecule has 8 heteroatoms. The standard InChI is InChI=1S/C30H33N3O4S/c1-21-26(22(2)37-31-21)20-36-25-13-11-23(12-14-25)17-32(15-16-34)18-24(35)19-33-27-7-3-5-9-29(27)38-30-10-6-4-8-28(30)33/h3-14,24,34-35H,15-20H2,1-2H3. The molecule has 0 aliphatic carbocycles. The highest BCUT2D eigenvalue weighted by Gasteiger charge is 2.25. The Hall–Kier alpha value is -3.30. The largest absolute Gasteiger partial charge is 0.489 e. The van der Waals surface area contributed by atoms with Crippen LogP contribution in [0.5, 0.6) is 5.75 Å². The van der Waals surface area contributed by atoms with Gasteiger partial charge in [-0.05, 0) is 55.8 Å². The van der Waals surface area contributed by atoms with Gasteiger partial charge in [-0.1, -0.05) is 53.3 Å². The maximum absolute atomic E-state index is 11.2. The van der Waals surface area contributed by atoms with Crippen LogP contribution in [0.25, 0.3) is 0 Å². The van der Waals surface area contributed by atoms with E-state index in [1.165, 1.54) is 9.79 Å². The number of anilines is 2. The normalized spacial score (nSPS) is 13.3. The first-order chi connectivity index (χ1) is 18.5. The molecule has 0 saturated heterocycles. The molecule has 0 saturated carbocycles. The SMILES string of the molecule is Cc1noc(C)c1COc1ccc(CN(CCO)CC(O)CN2c3ccccc3Sc3ccccc32)cc1. The predicted molar refractivity (Wildman–Crippen MR) is 149 cm³/mol. The molecule has 38 heavy (non-hydrogen) atoms. The molecule has 0 radical (unpaired) electrons. The number of fused-ring (bicyclic) bond motifs is 2. The topological polar surface area (TPSA) is 82.2 Å². The Morgan fingerprint density at radius 1 is 0.974 bits per heavy atom. The molecule has 4 aromatic rings. The molecule has 1 unspecified atom stereocenters. The minimum absolute atomic E-state index is 0.0252. The number of aliphatic hydroxyl groups excluding tert-OH is 2. The van der Waals surface area contributed by atoms with Gasteiger partial charge in [-0.25, -0.2) is 0 Å². The van der Waals surface area contributed by atoms with Gasteiger partial charge in [-0.15, -0.1) is 0 Å². The fraction of sp³-hybridized carbons (Fsp3) is 0.300. The molecule has 0 bridgehead atoms. The van der Waals surface area contributed by atoms with E-state index in [4.69, 9.17) is 9.26 Å². The Bertz CT molecular complexity index is 1290. The van der Waals surface area contributed by atoms with Gasteiger partial charge in [0.15, 0.2) is 0 Å². The highest BCUT2D eigenvalue weighted by molar-refractivity contribution is 7.99. The van der Waals surface area contributed by atoms with Gasteiger partial charge >= 0.3 is 0 Å². The number of aryl methyl sites for hydroxylation is 2. The van der Waals surface area contributed by atoms with Crippen molar-refractivity contribution in [3.05, 3.63) is 95.4 Å². The van der Waals surface area contributed by atoms with Gasteiger partial charge in [0.25, 0.3) is 0 Å². The van der Waals surface area contributed by atoms with Crippen LogP contribution < -0.4 is 9.64 Å². The van der Waals surface area contributed by atoms with Crippen molar-refractivity contribution >= 4 is 23.1 Å². The molecule has 2 heterocycles. The number of para-hydroxylation sites is 2. The molecule has 198 valence electrons. The summed E-state index contributed by atoms with van der Waals surface area (Å²) in [4.78, 5) is 6.65. The summed E-state index contributed by atoms with van der Waals surface area (Å²) in [5.41, 5.74) is 5.11. The van der Waals surface area contributed by atoms with Gasteiger partial charge in [0.05, 0.1) is 41.9 Å². The summed E-state index contributed by atoms with van der Waals surface area (Å²) in [5.74, 6) is 1.54.